The van der Waals surface area contributed by atoms with Crippen molar-refractivity contribution in [3.63, 3.8) is 0 Å². The Morgan fingerprint density at radius 2 is 1.78 bits per heavy atom. The fraction of sp³-hybridized carbons (Fsp3) is 0.0870. The van der Waals surface area contributed by atoms with E-state index in [1.807, 2.05) is 0 Å². The molecule has 1 saturated heterocycles. The molecular formula is C23H16Cl2N2O5. The summed E-state index contributed by atoms with van der Waals surface area (Å²) in [6.45, 7) is 0. The molecule has 9 heteroatoms. The lowest BCUT2D eigenvalue weighted by atomic mass is 9.95. The van der Waals surface area contributed by atoms with E-state index in [1.165, 1.54) is 55.9 Å². The van der Waals surface area contributed by atoms with Gasteiger partial charge in [0.2, 0.25) is 0 Å². The van der Waals surface area contributed by atoms with Crippen LogP contribution in [0, 0.1) is 0 Å². The molecule has 2 aromatic carbocycles. The predicted molar refractivity (Wildman–Crippen MR) is 120 cm³/mol. The number of rotatable bonds is 4. The van der Waals surface area contributed by atoms with Gasteiger partial charge in [-0.3, -0.25) is 19.5 Å². The number of hydrogen-bond acceptors (Lipinski definition) is 6. The number of halogens is 2. The Morgan fingerprint density at radius 3 is 2.44 bits per heavy atom. The number of pyridine rings is 1. The van der Waals surface area contributed by atoms with Crippen molar-refractivity contribution in [1.29, 1.82) is 0 Å². The highest BCUT2D eigenvalue weighted by molar-refractivity contribution is 6.52. The summed E-state index contributed by atoms with van der Waals surface area (Å²) in [5, 5.41) is 22.0. The first-order valence-corrected chi connectivity index (χ1v) is 10.1. The van der Waals surface area contributed by atoms with E-state index in [1.54, 1.807) is 12.1 Å². The summed E-state index contributed by atoms with van der Waals surface area (Å²) in [6, 6.07) is 10.8. The zero-order chi connectivity index (χ0) is 23.0. The Morgan fingerprint density at radius 1 is 1.06 bits per heavy atom. The third kappa shape index (κ3) is 3.66. The van der Waals surface area contributed by atoms with E-state index >= 15 is 0 Å². The van der Waals surface area contributed by atoms with Gasteiger partial charge in [0.15, 0.2) is 0 Å². The molecule has 7 nitrogen and oxygen atoms in total. The maximum atomic E-state index is 13.1. The average Bonchev–Trinajstić information content (AvgIpc) is 3.06. The molecule has 4 rings (SSSR count). The smallest absolute Gasteiger partial charge is 0.300 e. The molecule has 2 heterocycles. The molecule has 0 spiro atoms. The van der Waals surface area contributed by atoms with Gasteiger partial charge in [-0.05, 0) is 54.1 Å². The molecule has 0 radical (unpaired) electrons. The first kappa shape index (κ1) is 21.7. The minimum atomic E-state index is -1.04. The number of ether oxygens (including phenoxy) is 1. The van der Waals surface area contributed by atoms with Gasteiger partial charge in [0.05, 0.1) is 29.4 Å². The van der Waals surface area contributed by atoms with Gasteiger partial charge in [-0.1, -0.05) is 23.2 Å². The molecule has 1 aliphatic rings. The van der Waals surface area contributed by atoms with Gasteiger partial charge in [-0.25, -0.2) is 0 Å². The van der Waals surface area contributed by atoms with E-state index in [0.717, 1.165) is 4.90 Å². The Bertz CT molecular complexity index is 1260. The lowest BCUT2D eigenvalue weighted by Crippen LogP contribution is -2.29. The number of methoxy groups -OCH3 is 1. The van der Waals surface area contributed by atoms with Crippen molar-refractivity contribution in [2.75, 3.05) is 12.0 Å². The number of benzene rings is 2. The van der Waals surface area contributed by atoms with Crippen LogP contribution in [-0.2, 0) is 9.59 Å². The van der Waals surface area contributed by atoms with Crippen LogP contribution < -0.4 is 9.64 Å². The highest BCUT2D eigenvalue weighted by atomic mass is 35.5. The van der Waals surface area contributed by atoms with Crippen molar-refractivity contribution in [3.05, 3.63) is 87.7 Å². The van der Waals surface area contributed by atoms with Gasteiger partial charge in [0.1, 0.15) is 17.3 Å². The number of ketones is 1. The number of phenols is 1. The maximum Gasteiger partial charge on any atom is 0.300 e. The van der Waals surface area contributed by atoms with Crippen LogP contribution in [0.3, 0.4) is 0 Å². The fourth-order valence-electron chi connectivity index (χ4n) is 3.60. The molecule has 3 aromatic rings. The highest BCUT2D eigenvalue weighted by Gasteiger charge is 2.47. The number of nitrogens with zero attached hydrogens (tertiary/aromatic N) is 2. The monoisotopic (exact) mass is 470 g/mol. The van der Waals surface area contributed by atoms with E-state index in [2.05, 4.69) is 4.98 Å². The van der Waals surface area contributed by atoms with E-state index in [4.69, 9.17) is 27.9 Å². The molecule has 2 N–H and O–H groups in total. The predicted octanol–water partition coefficient (Wildman–Crippen LogP) is 4.73. The van der Waals surface area contributed by atoms with Crippen LogP contribution in [-0.4, -0.2) is 34.0 Å². The Hall–Kier alpha value is -3.55. The van der Waals surface area contributed by atoms with Gasteiger partial charge in [0.25, 0.3) is 11.7 Å². The van der Waals surface area contributed by atoms with E-state index < -0.39 is 23.5 Å². The minimum absolute atomic E-state index is 0.0354. The maximum absolute atomic E-state index is 13.1. The molecule has 1 aromatic heterocycles. The first-order valence-electron chi connectivity index (χ1n) is 9.37. The molecule has 1 unspecified atom stereocenters. The normalized spacial score (nSPS) is 17.6. The standard InChI is InChI=1S/C23H16Cl2N2O5/c1-32-18-5-2-13(10-15(18)25)21(29)19-20(12-6-8-26-9-7-12)27(23(31)22(19)30)16-11-14(24)3-4-17(16)28/h2-11,20,28-29H,1H3/b21-19+. The quantitative estimate of drug-likeness (QED) is 0.324. The van der Waals surface area contributed by atoms with Crippen LogP contribution in [0.5, 0.6) is 11.5 Å². The van der Waals surface area contributed by atoms with E-state index in [-0.39, 0.29) is 32.6 Å². The molecule has 0 bridgehead atoms. The number of anilines is 1. The van der Waals surface area contributed by atoms with Crippen molar-refractivity contribution in [2.45, 2.75) is 6.04 Å². The Kier molecular flexibility index (Phi) is 5.78. The number of hydrogen-bond donors (Lipinski definition) is 2. The van der Waals surface area contributed by atoms with Gasteiger partial charge < -0.3 is 14.9 Å². The molecule has 162 valence electrons. The van der Waals surface area contributed by atoms with Crippen molar-refractivity contribution in [3.8, 4) is 11.5 Å². The number of Topliss-reactive ketones (excluding diaryl/α,β-unsaturated/α-hetero) is 1. The molecule has 1 fully saturated rings. The molecule has 32 heavy (non-hydrogen) atoms. The van der Waals surface area contributed by atoms with Gasteiger partial charge >= 0.3 is 0 Å². The zero-order valence-electron chi connectivity index (χ0n) is 16.6. The second-order valence-electron chi connectivity index (χ2n) is 6.93. The van der Waals surface area contributed by atoms with Crippen LogP contribution >= 0.6 is 23.2 Å². The number of amides is 1. The largest absolute Gasteiger partial charge is 0.507 e. The first-order chi connectivity index (χ1) is 15.3. The van der Waals surface area contributed by atoms with E-state index in [9.17, 15) is 19.8 Å². The summed E-state index contributed by atoms with van der Waals surface area (Å²) in [6.07, 6.45) is 3.00. The fourth-order valence-corrected chi connectivity index (χ4v) is 4.02. The summed E-state index contributed by atoms with van der Waals surface area (Å²) >= 11 is 12.3. The number of aromatic hydroxyl groups is 1. The van der Waals surface area contributed by atoms with Crippen molar-refractivity contribution in [2.24, 2.45) is 0 Å². The van der Waals surface area contributed by atoms with Gasteiger partial charge in [-0.15, -0.1) is 0 Å². The van der Waals surface area contributed by atoms with Crippen LogP contribution in [0.4, 0.5) is 5.69 Å². The lowest BCUT2D eigenvalue weighted by Gasteiger charge is -2.26. The third-order valence-electron chi connectivity index (χ3n) is 5.09. The van der Waals surface area contributed by atoms with Crippen molar-refractivity contribution < 1.29 is 24.5 Å². The summed E-state index contributed by atoms with van der Waals surface area (Å²) in [7, 11) is 1.45. The van der Waals surface area contributed by atoms with E-state index in [0.29, 0.717) is 11.3 Å². The number of aliphatic hydroxyl groups is 1. The molecule has 0 aliphatic carbocycles. The van der Waals surface area contributed by atoms with Crippen molar-refractivity contribution in [1.82, 2.24) is 4.98 Å². The lowest BCUT2D eigenvalue weighted by molar-refractivity contribution is -0.132. The Balaban J connectivity index is 1.96. The van der Waals surface area contributed by atoms with Crippen LogP contribution in [0.1, 0.15) is 17.2 Å². The number of aliphatic hydroxyl groups excluding tert-OH is 1. The molecule has 1 atom stereocenters. The van der Waals surface area contributed by atoms with Gasteiger partial charge in [0, 0.05) is 23.0 Å². The van der Waals surface area contributed by atoms with Crippen molar-refractivity contribution >= 4 is 46.3 Å². The molecule has 1 amide bonds. The number of phenolic OH excluding ortho intramolecular Hbond substituents is 1. The molecule has 1 aliphatic heterocycles. The average molecular weight is 471 g/mol. The SMILES string of the molecule is COc1ccc(/C(O)=C2\C(=O)C(=O)N(c3cc(Cl)ccc3O)C2c2ccncc2)cc1Cl. The Labute approximate surface area is 193 Å². The van der Waals surface area contributed by atoms with Crippen LogP contribution in [0.25, 0.3) is 5.76 Å². The highest BCUT2D eigenvalue weighted by Crippen LogP contribution is 2.45. The number of carbonyl (C=O) groups is 2. The topological polar surface area (TPSA) is 100.0 Å². The second-order valence-corrected chi connectivity index (χ2v) is 7.78. The summed E-state index contributed by atoms with van der Waals surface area (Å²) in [5.41, 5.74) is 0.595. The summed E-state index contributed by atoms with van der Waals surface area (Å²) in [4.78, 5) is 31.3. The third-order valence-corrected chi connectivity index (χ3v) is 5.62. The van der Waals surface area contributed by atoms with Crippen LogP contribution in [0.15, 0.2) is 66.5 Å². The summed E-state index contributed by atoms with van der Waals surface area (Å²) < 4.78 is 5.13. The van der Waals surface area contributed by atoms with Crippen LogP contribution in [0.2, 0.25) is 10.0 Å². The minimum Gasteiger partial charge on any atom is -0.507 e. The number of carbonyl (C=O) groups excluding carboxylic acids is 2. The number of aromatic nitrogens is 1. The van der Waals surface area contributed by atoms with Gasteiger partial charge in [-0.2, -0.15) is 0 Å². The molecule has 0 saturated carbocycles. The second kappa shape index (κ2) is 8.53. The molecular weight excluding hydrogens is 455 g/mol. The zero-order valence-corrected chi connectivity index (χ0v) is 18.1. The summed E-state index contributed by atoms with van der Waals surface area (Å²) in [5.74, 6) is -2.12.